The number of nitrogens with one attached hydrogen (secondary N) is 1. The molecule has 1 aliphatic heterocycles. The van der Waals surface area contributed by atoms with E-state index >= 15 is 0 Å². The fraction of sp³-hybridized carbons (Fsp3) is 0.233. The van der Waals surface area contributed by atoms with Gasteiger partial charge in [0.05, 0.1) is 43.5 Å². The first-order valence-electron chi connectivity index (χ1n) is 12.9. The molecule has 2 aromatic heterocycles. The van der Waals surface area contributed by atoms with E-state index in [1.807, 2.05) is 79.0 Å². The summed E-state index contributed by atoms with van der Waals surface area (Å²) in [7, 11) is 1.65. The third kappa shape index (κ3) is 6.45. The lowest BCUT2D eigenvalue weighted by atomic mass is 10.1. The molecular formula is C30H32N6O3. The zero-order chi connectivity index (χ0) is 27.0. The van der Waals surface area contributed by atoms with Crippen LogP contribution in [-0.2, 0) is 17.8 Å². The molecule has 200 valence electrons. The van der Waals surface area contributed by atoms with Gasteiger partial charge >= 0.3 is 0 Å². The van der Waals surface area contributed by atoms with Crippen LogP contribution in [0.15, 0.2) is 85.2 Å². The zero-order valence-electron chi connectivity index (χ0n) is 21.9. The van der Waals surface area contributed by atoms with Gasteiger partial charge in [-0.15, -0.1) is 0 Å². The highest BCUT2D eigenvalue weighted by molar-refractivity contribution is 5.98. The maximum absolute atomic E-state index is 12.2. The van der Waals surface area contributed by atoms with E-state index in [4.69, 9.17) is 20.2 Å². The van der Waals surface area contributed by atoms with Crippen molar-refractivity contribution in [2.75, 3.05) is 48.5 Å². The summed E-state index contributed by atoms with van der Waals surface area (Å²) in [6.45, 7) is 4.09. The minimum Gasteiger partial charge on any atom is -0.497 e. The Morgan fingerprint density at radius 1 is 1.00 bits per heavy atom. The van der Waals surface area contributed by atoms with E-state index in [0.29, 0.717) is 43.4 Å². The van der Waals surface area contributed by atoms with Crippen LogP contribution in [0.1, 0.15) is 21.5 Å². The van der Waals surface area contributed by atoms with Gasteiger partial charge in [0.1, 0.15) is 17.4 Å². The number of hydrogen-bond acceptors (Lipinski definition) is 8. The summed E-state index contributed by atoms with van der Waals surface area (Å²) < 4.78 is 10.8. The molecule has 0 aliphatic carbocycles. The van der Waals surface area contributed by atoms with Crippen LogP contribution in [0.2, 0.25) is 0 Å². The Morgan fingerprint density at radius 2 is 1.77 bits per heavy atom. The Hall–Kier alpha value is -4.63. The fourth-order valence-electron chi connectivity index (χ4n) is 4.46. The summed E-state index contributed by atoms with van der Waals surface area (Å²) in [4.78, 5) is 25.9. The summed E-state index contributed by atoms with van der Waals surface area (Å²) >= 11 is 0. The molecular weight excluding hydrogens is 492 g/mol. The fourth-order valence-corrected chi connectivity index (χ4v) is 4.46. The van der Waals surface area contributed by atoms with Crippen molar-refractivity contribution < 1.29 is 14.3 Å². The molecule has 4 aromatic rings. The number of hydrogen-bond donors (Lipinski definition) is 2. The number of anilines is 4. The normalized spacial score (nSPS) is 13.1. The largest absolute Gasteiger partial charge is 0.497 e. The second-order valence-corrected chi connectivity index (χ2v) is 9.20. The molecule has 1 fully saturated rings. The standard InChI is InChI=1S/C30H32N6O3/c1-38-25-10-7-23(8-11-25)21-36(24-9-12-28(33-19-24)35-13-15-39-16-14-35)29-17-27(26(20-34-29)30(31)37)32-18-22-5-3-2-4-6-22/h2-12,17,19-20H,13-16,18,21H2,1H3,(H2,31,37)(H,32,34). The van der Waals surface area contributed by atoms with Gasteiger partial charge in [0.15, 0.2) is 0 Å². The lowest BCUT2D eigenvalue weighted by molar-refractivity contribution is 0.100. The number of pyridine rings is 2. The van der Waals surface area contributed by atoms with Crippen molar-refractivity contribution in [3.63, 3.8) is 0 Å². The first kappa shape index (κ1) is 26.0. The molecule has 0 bridgehead atoms. The van der Waals surface area contributed by atoms with E-state index in [0.717, 1.165) is 41.5 Å². The van der Waals surface area contributed by atoms with Crippen LogP contribution in [0.3, 0.4) is 0 Å². The predicted octanol–water partition coefficient (Wildman–Crippen LogP) is 4.37. The number of amides is 1. The summed E-state index contributed by atoms with van der Waals surface area (Å²) in [5, 5.41) is 3.37. The van der Waals surface area contributed by atoms with Gasteiger partial charge in [0.25, 0.3) is 5.91 Å². The highest BCUT2D eigenvalue weighted by Gasteiger charge is 2.18. The Morgan fingerprint density at radius 3 is 2.44 bits per heavy atom. The van der Waals surface area contributed by atoms with Crippen LogP contribution >= 0.6 is 0 Å². The number of rotatable bonds is 10. The van der Waals surface area contributed by atoms with Gasteiger partial charge in [-0.3, -0.25) is 4.79 Å². The maximum Gasteiger partial charge on any atom is 0.252 e. The number of carbonyl (C=O) groups is 1. The molecule has 1 aliphatic rings. The smallest absolute Gasteiger partial charge is 0.252 e. The van der Waals surface area contributed by atoms with E-state index in [9.17, 15) is 4.79 Å². The van der Waals surface area contributed by atoms with Crippen molar-refractivity contribution in [1.82, 2.24) is 9.97 Å². The van der Waals surface area contributed by atoms with E-state index < -0.39 is 5.91 Å². The van der Waals surface area contributed by atoms with E-state index in [2.05, 4.69) is 20.1 Å². The Bertz CT molecular complexity index is 1370. The zero-order valence-corrected chi connectivity index (χ0v) is 21.9. The highest BCUT2D eigenvalue weighted by atomic mass is 16.5. The number of morpholine rings is 1. The number of primary amides is 1. The molecule has 0 saturated carbocycles. The van der Waals surface area contributed by atoms with Gasteiger partial charge in [-0.05, 0) is 35.4 Å². The van der Waals surface area contributed by atoms with Gasteiger partial charge in [0.2, 0.25) is 0 Å². The average Bonchev–Trinajstić information content (AvgIpc) is 3.00. The SMILES string of the molecule is COc1ccc(CN(c2ccc(N3CCOCC3)nc2)c2cc(NCc3ccccc3)c(C(N)=O)cn2)cc1. The van der Waals surface area contributed by atoms with E-state index in [-0.39, 0.29) is 0 Å². The quantitative estimate of drug-likeness (QED) is 0.315. The minimum atomic E-state index is -0.539. The van der Waals surface area contributed by atoms with Crippen LogP contribution in [0.5, 0.6) is 5.75 Å². The summed E-state index contributed by atoms with van der Waals surface area (Å²) in [6.07, 6.45) is 3.39. The van der Waals surface area contributed by atoms with Crippen LogP contribution in [0.4, 0.5) is 23.0 Å². The molecule has 1 amide bonds. The van der Waals surface area contributed by atoms with E-state index in [1.54, 1.807) is 7.11 Å². The van der Waals surface area contributed by atoms with Gasteiger partial charge in [-0.2, -0.15) is 0 Å². The molecule has 9 heteroatoms. The lowest BCUT2D eigenvalue weighted by Crippen LogP contribution is -2.36. The van der Waals surface area contributed by atoms with E-state index in [1.165, 1.54) is 6.20 Å². The molecule has 3 N–H and O–H groups in total. The lowest BCUT2D eigenvalue weighted by Gasteiger charge is -2.29. The van der Waals surface area contributed by atoms with Crippen LogP contribution in [0.25, 0.3) is 0 Å². The monoisotopic (exact) mass is 524 g/mol. The Labute approximate surface area is 228 Å². The molecule has 0 spiro atoms. The van der Waals surface area contributed by atoms with Gasteiger partial charge in [-0.25, -0.2) is 9.97 Å². The summed E-state index contributed by atoms with van der Waals surface area (Å²) in [5.41, 5.74) is 9.67. The number of aromatic nitrogens is 2. The topological polar surface area (TPSA) is 106 Å². The van der Waals surface area contributed by atoms with Crippen LogP contribution in [0, 0.1) is 0 Å². The number of carbonyl (C=O) groups excluding carboxylic acids is 1. The van der Waals surface area contributed by atoms with Crippen LogP contribution in [-0.4, -0.2) is 49.3 Å². The van der Waals surface area contributed by atoms with Crippen molar-refractivity contribution in [3.8, 4) is 5.75 Å². The van der Waals surface area contributed by atoms with Crippen molar-refractivity contribution in [1.29, 1.82) is 0 Å². The Kier molecular flexibility index (Phi) is 8.18. The predicted molar refractivity (Wildman–Crippen MR) is 153 cm³/mol. The summed E-state index contributed by atoms with van der Waals surface area (Å²) in [5.74, 6) is 1.82. The number of ether oxygens (including phenoxy) is 2. The molecule has 5 rings (SSSR count). The van der Waals surface area contributed by atoms with Crippen LogP contribution < -0.4 is 25.6 Å². The Balaban J connectivity index is 1.48. The number of benzene rings is 2. The number of nitrogens with zero attached hydrogens (tertiary/aromatic N) is 4. The van der Waals surface area contributed by atoms with Gasteiger partial charge in [0, 0.05) is 38.4 Å². The van der Waals surface area contributed by atoms with Crippen molar-refractivity contribution in [3.05, 3.63) is 102 Å². The first-order valence-corrected chi connectivity index (χ1v) is 12.9. The molecule has 0 radical (unpaired) electrons. The third-order valence-corrected chi connectivity index (χ3v) is 6.64. The maximum atomic E-state index is 12.2. The van der Waals surface area contributed by atoms with Gasteiger partial charge in [-0.1, -0.05) is 42.5 Å². The molecule has 2 aromatic carbocycles. The number of methoxy groups -OCH3 is 1. The van der Waals surface area contributed by atoms with Crippen molar-refractivity contribution in [2.24, 2.45) is 5.73 Å². The molecule has 0 unspecified atom stereocenters. The second-order valence-electron chi connectivity index (χ2n) is 9.20. The van der Waals surface area contributed by atoms with Crippen molar-refractivity contribution in [2.45, 2.75) is 13.1 Å². The molecule has 39 heavy (non-hydrogen) atoms. The van der Waals surface area contributed by atoms with Gasteiger partial charge < -0.3 is 30.3 Å². The average molecular weight is 525 g/mol. The molecule has 0 atom stereocenters. The molecule has 1 saturated heterocycles. The number of nitrogens with two attached hydrogens (primary N) is 1. The second kappa shape index (κ2) is 12.3. The summed E-state index contributed by atoms with van der Waals surface area (Å²) in [6, 6.07) is 23.8. The molecule has 3 heterocycles. The highest BCUT2D eigenvalue weighted by Crippen LogP contribution is 2.30. The first-order chi connectivity index (χ1) is 19.1. The molecule has 9 nitrogen and oxygen atoms in total. The third-order valence-electron chi connectivity index (χ3n) is 6.64. The minimum absolute atomic E-state index is 0.333. The van der Waals surface area contributed by atoms with Crippen molar-refractivity contribution >= 4 is 28.9 Å².